The Morgan fingerprint density at radius 1 is 1.00 bits per heavy atom. The maximum absolute atomic E-state index is 3.45. The summed E-state index contributed by atoms with van der Waals surface area (Å²) in [5, 5.41) is 0. The van der Waals surface area contributed by atoms with Crippen molar-refractivity contribution in [2.75, 3.05) is 0 Å². The Kier molecular flexibility index (Phi) is 3.27. The van der Waals surface area contributed by atoms with Crippen molar-refractivity contribution in [3.8, 4) is 10.4 Å². The zero-order valence-electron chi connectivity index (χ0n) is 8.83. The first-order chi connectivity index (χ1) is 7.16. The zero-order valence-corrected chi connectivity index (χ0v) is 11.2. The van der Waals surface area contributed by atoms with Crippen LogP contribution in [0, 0.1) is 0 Å². The molecule has 2 aromatic rings. The van der Waals surface area contributed by atoms with E-state index in [0.29, 0.717) is 5.92 Å². The van der Waals surface area contributed by atoms with Gasteiger partial charge in [-0.1, -0.05) is 41.9 Å². The van der Waals surface area contributed by atoms with Gasteiger partial charge in [-0.15, -0.1) is 11.3 Å². The van der Waals surface area contributed by atoms with Crippen LogP contribution in [-0.4, -0.2) is 0 Å². The molecule has 15 heavy (non-hydrogen) atoms. The second kappa shape index (κ2) is 4.50. The first-order valence-electron chi connectivity index (χ1n) is 5.02. The normalized spacial score (nSPS) is 10.9. The minimum absolute atomic E-state index is 0.624. The van der Waals surface area contributed by atoms with Gasteiger partial charge >= 0.3 is 0 Å². The molecule has 0 aliphatic rings. The van der Waals surface area contributed by atoms with Gasteiger partial charge in [-0.3, -0.25) is 0 Å². The fourth-order valence-corrected chi connectivity index (χ4v) is 2.71. The molecule has 0 saturated carbocycles. The molecule has 0 aliphatic heterocycles. The minimum Gasteiger partial charge on any atom is -0.140 e. The molecular weight excluding hydrogens is 268 g/mol. The van der Waals surface area contributed by atoms with Crippen LogP contribution in [0.1, 0.15) is 24.6 Å². The van der Waals surface area contributed by atoms with Gasteiger partial charge < -0.3 is 0 Å². The monoisotopic (exact) mass is 280 g/mol. The van der Waals surface area contributed by atoms with Crippen molar-refractivity contribution in [2.24, 2.45) is 0 Å². The molecule has 0 N–H and O–H groups in total. The van der Waals surface area contributed by atoms with Crippen LogP contribution in [0.5, 0.6) is 0 Å². The first kappa shape index (κ1) is 10.9. The maximum atomic E-state index is 3.45. The molecule has 1 heterocycles. The highest BCUT2D eigenvalue weighted by Gasteiger charge is 2.05. The van der Waals surface area contributed by atoms with Gasteiger partial charge in [0.15, 0.2) is 0 Å². The summed E-state index contributed by atoms with van der Waals surface area (Å²) < 4.78 is 1.13. The van der Waals surface area contributed by atoms with E-state index < -0.39 is 0 Å². The van der Waals surface area contributed by atoms with Crippen molar-refractivity contribution in [1.29, 1.82) is 0 Å². The highest BCUT2D eigenvalue weighted by Crippen LogP contribution is 2.32. The summed E-state index contributed by atoms with van der Waals surface area (Å²) in [7, 11) is 0. The van der Waals surface area contributed by atoms with Gasteiger partial charge in [0.2, 0.25) is 0 Å². The lowest BCUT2D eigenvalue weighted by Crippen LogP contribution is -1.77. The SMILES string of the molecule is CC(C)c1ccc(-c2ccc(Br)cc2)s1. The topological polar surface area (TPSA) is 0 Å². The van der Waals surface area contributed by atoms with E-state index in [4.69, 9.17) is 0 Å². The van der Waals surface area contributed by atoms with Crippen LogP contribution >= 0.6 is 27.3 Å². The highest BCUT2D eigenvalue weighted by atomic mass is 79.9. The average Bonchev–Trinajstić information content (AvgIpc) is 2.68. The largest absolute Gasteiger partial charge is 0.140 e. The van der Waals surface area contributed by atoms with Gasteiger partial charge in [0.25, 0.3) is 0 Å². The number of rotatable bonds is 2. The number of hydrogen-bond acceptors (Lipinski definition) is 1. The summed E-state index contributed by atoms with van der Waals surface area (Å²) in [4.78, 5) is 2.80. The van der Waals surface area contributed by atoms with Crippen LogP contribution < -0.4 is 0 Å². The quantitative estimate of drug-likeness (QED) is 0.700. The third-order valence-corrected chi connectivity index (χ3v) is 4.29. The van der Waals surface area contributed by atoms with Crippen molar-refractivity contribution >= 4 is 27.3 Å². The molecule has 0 bridgehead atoms. The van der Waals surface area contributed by atoms with Gasteiger partial charge in [-0.05, 0) is 35.7 Å². The Hall–Kier alpha value is -0.600. The Labute approximate surface area is 103 Å². The van der Waals surface area contributed by atoms with Crippen molar-refractivity contribution in [2.45, 2.75) is 19.8 Å². The maximum Gasteiger partial charge on any atom is 0.0345 e. The van der Waals surface area contributed by atoms with E-state index in [9.17, 15) is 0 Å². The number of benzene rings is 1. The van der Waals surface area contributed by atoms with Gasteiger partial charge in [-0.2, -0.15) is 0 Å². The lowest BCUT2D eigenvalue weighted by Gasteiger charge is -1.99. The molecule has 0 atom stereocenters. The molecule has 0 amide bonds. The fourth-order valence-electron chi connectivity index (χ4n) is 1.43. The molecule has 1 aromatic carbocycles. The van der Waals surface area contributed by atoms with E-state index in [1.54, 1.807) is 0 Å². The summed E-state index contributed by atoms with van der Waals surface area (Å²) in [6.07, 6.45) is 0. The Bertz CT molecular complexity index is 440. The lowest BCUT2D eigenvalue weighted by atomic mass is 10.1. The second-order valence-corrected chi connectivity index (χ2v) is 5.89. The van der Waals surface area contributed by atoms with Crippen molar-refractivity contribution in [3.63, 3.8) is 0 Å². The van der Waals surface area contributed by atoms with Crippen LogP contribution in [0.15, 0.2) is 40.9 Å². The van der Waals surface area contributed by atoms with Crippen molar-refractivity contribution < 1.29 is 0 Å². The molecule has 2 heteroatoms. The summed E-state index contributed by atoms with van der Waals surface area (Å²) in [6, 6.07) is 12.9. The van der Waals surface area contributed by atoms with E-state index in [2.05, 4.69) is 66.2 Å². The molecular formula is C13H13BrS. The molecule has 0 radical (unpaired) electrons. The van der Waals surface area contributed by atoms with Crippen LogP contribution in [0.25, 0.3) is 10.4 Å². The van der Waals surface area contributed by atoms with Gasteiger partial charge in [0, 0.05) is 14.2 Å². The summed E-state index contributed by atoms with van der Waals surface area (Å²) in [5.41, 5.74) is 1.30. The predicted molar refractivity (Wildman–Crippen MR) is 71.5 cm³/mol. The zero-order chi connectivity index (χ0) is 10.8. The summed E-state index contributed by atoms with van der Waals surface area (Å²) in [6.45, 7) is 4.47. The lowest BCUT2D eigenvalue weighted by molar-refractivity contribution is 0.890. The second-order valence-electron chi connectivity index (χ2n) is 3.86. The summed E-state index contributed by atoms with van der Waals surface area (Å²) in [5.74, 6) is 0.624. The van der Waals surface area contributed by atoms with Crippen LogP contribution in [-0.2, 0) is 0 Å². The fraction of sp³-hybridized carbons (Fsp3) is 0.231. The van der Waals surface area contributed by atoms with Crippen molar-refractivity contribution in [1.82, 2.24) is 0 Å². The van der Waals surface area contributed by atoms with E-state index in [1.807, 2.05) is 11.3 Å². The van der Waals surface area contributed by atoms with Crippen LogP contribution in [0.4, 0.5) is 0 Å². The van der Waals surface area contributed by atoms with Crippen LogP contribution in [0.2, 0.25) is 0 Å². The van der Waals surface area contributed by atoms with Crippen molar-refractivity contribution in [3.05, 3.63) is 45.7 Å². The average molecular weight is 281 g/mol. The molecule has 0 nitrogen and oxygen atoms in total. The standard InChI is InChI=1S/C13H13BrS/c1-9(2)12-7-8-13(15-12)10-3-5-11(14)6-4-10/h3-9H,1-2H3. The summed E-state index contributed by atoms with van der Waals surface area (Å²) >= 11 is 5.33. The Morgan fingerprint density at radius 3 is 2.20 bits per heavy atom. The van der Waals surface area contributed by atoms with E-state index >= 15 is 0 Å². The van der Waals surface area contributed by atoms with Gasteiger partial charge in [0.05, 0.1) is 0 Å². The molecule has 1 aromatic heterocycles. The number of hydrogen-bond donors (Lipinski definition) is 0. The molecule has 2 rings (SSSR count). The predicted octanol–water partition coefficient (Wildman–Crippen LogP) is 5.30. The van der Waals surface area contributed by atoms with Crippen LogP contribution in [0.3, 0.4) is 0 Å². The number of halogens is 1. The molecule has 0 saturated heterocycles. The third kappa shape index (κ3) is 2.50. The van der Waals surface area contributed by atoms with Gasteiger partial charge in [-0.25, -0.2) is 0 Å². The van der Waals surface area contributed by atoms with E-state index in [0.717, 1.165) is 4.47 Å². The number of thiophene rings is 1. The molecule has 0 aliphatic carbocycles. The molecule has 0 fully saturated rings. The van der Waals surface area contributed by atoms with E-state index in [1.165, 1.54) is 15.3 Å². The first-order valence-corrected chi connectivity index (χ1v) is 6.63. The molecule has 0 spiro atoms. The Morgan fingerprint density at radius 2 is 1.67 bits per heavy atom. The molecule has 78 valence electrons. The smallest absolute Gasteiger partial charge is 0.0345 e. The minimum atomic E-state index is 0.624. The Balaban J connectivity index is 2.33. The molecule has 0 unspecified atom stereocenters. The highest BCUT2D eigenvalue weighted by molar-refractivity contribution is 9.10. The van der Waals surface area contributed by atoms with E-state index in [-0.39, 0.29) is 0 Å². The van der Waals surface area contributed by atoms with Gasteiger partial charge in [0.1, 0.15) is 0 Å². The third-order valence-electron chi connectivity index (χ3n) is 2.32.